The zero-order chi connectivity index (χ0) is 25.1. The first kappa shape index (κ1) is 23.6. The van der Waals surface area contributed by atoms with Crippen LogP contribution in [-0.2, 0) is 0 Å². The summed E-state index contributed by atoms with van der Waals surface area (Å²) in [5.74, 6) is -0.314. The molecule has 176 valence electrons. The van der Waals surface area contributed by atoms with E-state index in [1.165, 1.54) is 0 Å². The summed E-state index contributed by atoms with van der Waals surface area (Å²) >= 11 is 12.0. The molecule has 0 fully saturated rings. The van der Waals surface area contributed by atoms with Crippen LogP contribution < -0.4 is 10.7 Å². The fourth-order valence-corrected chi connectivity index (χ4v) is 4.22. The fraction of sp³-hybridized carbons (Fsp3) is 0. The van der Waals surface area contributed by atoms with E-state index in [-0.39, 0.29) is 11.6 Å². The zero-order valence-corrected chi connectivity index (χ0v) is 20.5. The van der Waals surface area contributed by atoms with Crippen LogP contribution in [0.5, 0.6) is 0 Å². The molecule has 0 bridgehead atoms. The van der Waals surface area contributed by atoms with Crippen molar-refractivity contribution in [2.24, 2.45) is 0 Å². The first-order chi connectivity index (χ1) is 17.5. The van der Waals surface area contributed by atoms with Crippen LogP contribution in [0.2, 0.25) is 10.0 Å². The van der Waals surface area contributed by atoms with Gasteiger partial charge in [0.05, 0.1) is 10.7 Å². The van der Waals surface area contributed by atoms with Crippen LogP contribution in [0.4, 0.5) is 0 Å². The number of benzene rings is 4. The number of fused-ring (bicyclic) bond motifs is 2. The molecule has 0 saturated carbocycles. The molecule has 0 aliphatic heterocycles. The van der Waals surface area contributed by atoms with Gasteiger partial charge >= 0.3 is 0 Å². The van der Waals surface area contributed by atoms with Gasteiger partial charge in [0, 0.05) is 55.1 Å². The average molecular weight is 511 g/mol. The number of nitrogens with one attached hydrogen (secondary N) is 2. The highest BCUT2D eigenvalue weighted by molar-refractivity contribution is 6.31. The van der Waals surface area contributed by atoms with E-state index in [4.69, 9.17) is 23.2 Å². The Morgan fingerprint density at radius 2 is 0.889 bits per heavy atom. The number of H-pyrrole nitrogens is 2. The second kappa shape index (κ2) is 10.2. The predicted octanol–water partition coefficient (Wildman–Crippen LogP) is 6.41. The Balaban J connectivity index is 1.79. The van der Waals surface area contributed by atoms with Crippen LogP contribution in [-0.4, -0.2) is 21.5 Å². The Morgan fingerprint density at radius 3 is 1.28 bits per heavy atom. The van der Waals surface area contributed by atoms with E-state index < -0.39 is 0 Å². The van der Waals surface area contributed by atoms with E-state index in [1.54, 1.807) is 60.7 Å². The lowest BCUT2D eigenvalue weighted by Crippen LogP contribution is -2.16. The van der Waals surface area contributed by atoms with Gasteiger partial charge in [-0.3, -0.25) is 9.59 Å². The predicted molar refractivity (Wildman–Crippen MR) is 148 cm³/mol. The molecule has 5 aromatic rings. The molecule has 0 radical (unpaired) electrons. The van der Waals surface area contributed by atoms with Crippen LogP contribution in [0.25, 0.3) is 34.0 Å². The van der Waals surface area contributed by atoms with E-state index in [0.717, 1.165) is 21.8 Å². The minimum atomic E-state index is -0.157. The minimum Gasteiger partial charge on any atom is -0.354 e. The van der Waals surface area contributed by atoms with Crippen molar-refractivity contribution < 1.29 is 9.59 Å². The van der Waals surface area contributed by atoms with Gasteiger partial charge in [0.2, 0.25) is 0 Å². The van der Waals surface area contributed by atoms with E-state index in [0.29, 0.717) is 31.9 Å². The standard InChI is InChI=1S/C30H20Cl2N2O2/c31-21-13-9-19(10-14-21)29(35)17-27-23-5-1-3-7-25(23)33-28(24-6-2-4-8-26(24)34-27)18-30(36)20-11-15-22(32)16-12-20/h1-18,33-34H/b27-17+,28-18+. The third-order valence-electron chi connectivity index (χ3n) is 5.78. The molecule has 5 rings (SSSR count). The number of hydrogen-bond donors (Lipinski definition) is 2. The highest BCUT2D eigenvalue weighted by atomic mass is 35.5. The second-order valence-electron chi connectivity index (χ2n) is 8.20. The molecule has 0 unspecified atom stereocenters. The molecule has 0 amide bonds. The summed E-state index contributed by atoms with van der Waals surface area (Å²) in [4.78, 5) is 33.0. The topological polar surface area (TPSA) is 65.7 Å². The Labute approximate surface area is 216 Å². The van der Waals surface area contributed by atoms with Crippen molar-refractivity contribution in [2.75, 3.05) is 0 Å². The third-order valence-corrected chi connectivity index (χ3v) is 6.29. The molecule has 0 aliphatic carbocycles. The molecule has 1 aromatic heterocycles. The molecule has 36 heavy (non-hydrogen) atoms. The number of rotatable bonds is 4. The van der Waals surface area contributed by atoms with Crippen molar-refractivity contribution in [1.82, 2.24) is 9.97 Å². The normalized spacial score (nSPS) is 12.2. The van der Waals surface area contributed by atoms with Gasteiger partial charge in [-0.15, -0.1) is 0 Å². The summed E-state index contributed by atoms with van der Waals surface area (Å²) in [5.41, 5.74) is 2.57. The number of aromatic nitrogens is 2. The summed E-state index contributed by atoms with van der Waals surface area (Å²) in [6.07, 6.45) is 3.15. The third kappa shape index (κ3) is 5.10. The zero-order valence-electron chi connectivity index (χ0n) is 19.0. The molecular formula is C30H20Cl2N2O2. The van der Waals surface area contributed by atoms with Crippen molar-refractivity contribution in [3.8, 4) is 0 Å². The molecule has 4 nitrogen and oxygen atoms in total. The molecule has 4 aromatic carbocycles. The first-order valence-corrected chi connectivity index (χ1v) is 12.0. The second-order valence-corrected chi connectivity index (χ2v) is 9.07. The van der Waals surface area contributed by atoms with Gasteiger partial charge in [-0.1, -0.05) is 59.6 Å². The summed E-state index contributed by atoms with van der Waals surface area (Å²) < 4.78 is 0. The number of ketones is 2. The fourth-order valence-electron chi connectivity index (χ4n) is 3.96. The Hall–Kier alpha value is -4.12. The van der Waals surface area contributed by atoms with Gasteiger partial charge in [0.25, 0.3) is 0 Å². The smallest absolute Gasteiger partial charge is 0.187 e. The van der Waals surface area contributed by atoms with Crippen molar-refractivity contribution in [3.05, 3.63) is 129 Å². The van der Waals surface area contributed by atoms with Crippen LogP contribution in [0.3, 0.4) is 0 Å². The lowest BCUT2D eigenvalue weighted by molar-refractivity contribution is 0.105. The Kier molecular flexibility index (Phi) is 6.72. The van der Waals surface area contributed by atoms with E-state index >= 15 is 0 Å². The quantitative estimate of drug-likeness (QED) is 0.274. The summed E-state index contributed by atoms with van der Waals surface area (Å²) in [6, 6.07) is 28.8. The molecule has 6 heteroatoms. The monoisotopic (exact) mass is 510 g/mol. The van der Waals surface area contributed by atoms with Crippen molar-refractivity contribution in [1.29, 1.82) is 0 Å². The van der Waals surface area contributed by atoms with Crippen molar-refractivity contribution in [3.63, 3.8) is 0 Å². The number of halogens is 2. The number of para-hydroxylation sites is 2. The van der Waals surface area contributed by atoms with Gasteiger partial charge in [-0.25, -0.2) is 0 Å². The van der Waals surface area contributed by atoms with Gasteiger partial charge in [-0.05, 0) is 60.7 Å². The molecule has 0 aliphatic rings. The maximum atomic E-state index is 13.1. The number of carbonyl (C=O) groups is 2. The van der Waals surface area contributed by atoms with E-state index in [2.05, 4.69) is 9.97 Å². The van der Waals surface area contributed by atoms with Crippen molar-refractivity contribution in [2.45, 2.75) is 0 Å². The van der Waals surface area contributed by atoms with Gasteiger partial charge in [-0.2, -0.15) is 0 Å². The Bertz CT molecular complexity index is 1650. The SMILES string of the molecule is O=C(/C=c1/[nH]c2ccccc2/c(=C\C(=O)c2ccc(Cl)cc2)[nH]c2ccccc12)c1ccc(Cl)cc1. The number of aromatic amines is 2. The van der Waals surface area contributed by atoms with Gasteiger partial charge in [0.15, 0.2) is 11.6 Å². The largest absolute Gasteiger partial charge is 0.354 e. The summed E-state index contributed by atoms with van der Waals surface area (Å²) in [5, 5.41) is 3.99. The lowest BCUT2D eigenvalue weighted by atomic mass is 10.1. The molecule has 0 spiro atoms. The van der Waals surface area contributed by atoms with Crippen LogP contribution in [0.15, 0.2) is 97.1 Å². The number of carbonyl (C=O) groups excluding carboxylic acids is 2. The van der Waals surface area contributed by atoms with Gasteiger partial charge in [0.1, 0.15) is 0 Å². The number of hydrogen-bond acceptors (Lipinski definition) is 2. The van der Waals surface area contributed by atoms with Crippen LogP contribution in [0, 0.1) is 0 Å². The van der Waals surface area contributed by atoms with E-state index in [1.807, 2.05) is 48.5 Å². The molecule has 1 heterocycles. The number of Topliss-reactive ketones (excluding diaryl/α,β-unsaturated/α-hetero) is 2. The molecule has 2 N–H and O–H groups in total. The highest BCUT2D eigenvalue weighted by Crippen LogP contribution is 2.13. The first-order valence-electron chi connectivity index (χ1n) is 11.2. The Morgan fingerprint density at radius 1 is 0.528 bits per heavy atom. The lowest BCUT2D eigenvalue weighted by Gasteiger charge is -2.04. The maximum absolute atomic E-state index is 13.1. The molecule has 0 atom stereocenters. The van der Waals surface area contributed by atoms with Crippen molar-refractivity contribution >= 4 is 68.7 Å². The molecular weight excluding hydrogens is 491 g/mol. The summed E-state index contributed by atoms with van der Waals surface area (Å²) in [7, 11) is 0. The summed E-state index contributed by atoms with van der Waals surface area (Å²) in [6.45, 7) is 0. The van der Waals surface area contributed by atoms with Crippen LogP contribution >= 0.6 is 23.2 Å². The maximum Gasteiger partial charge on any atom is 0.187 e. The van der Waals surface area contributed by atoms with Crippen LogP contribution in [0.1, 0.15) is 20.7 Å². The highest BCUT2D eigenvalue weighted by Gasteiger charge is 2.06. The minimum absolute atomic E-state index is 0.157. The average Bonchev–Trinajstić information content (AvgIpc) is 2.88. The van der Waals surface area contributed by atoms with E-state index in [9.17, 15) is 9.59 Å². The van der Waals surface area contributed by atoms with Gasteiger partial charge < -0.3 is 9.97 Å². The molecule has 0 saturated heterocycles.